The monoisotopic (exact) mass is 352 g/mol. The van der Waals surface area contributed by atoms with E-state index in [9.17, 15) is 18.1 Å². The van der Waals surface area contributed by atoms with Gasteiger partial charge in [0.25, 0.3) is 10.1 Å². The Morgan fingerprint density at radius 1 is 1.13 bits per heavy atom. The number of benzene rings is 2. The minimum Gasteiger partial charge on any atom is -0.506 e. The molecule has 0 saturated heterocycles. The molecule has 0 aliphatic carbocycles. The quantitative estimate of drug-likeness (QED) is 0.544. The molecule has 0 unspecified atom stereocenters. The molecule has 118 valence electrons. The summed E-state index contributed by atoms with van der Waals surface area (Å²) >= 11 is 6.11. The zero-order valence-corrected chi connectivity index (χ0v) is 12.9. The second-order valence-electron chi connectivity index (χ2n) is 4.49. The Hall–Kier alpha value is -2.49. The van der Waals surface area contributed by atoms with Gasteiger partial charge in [0, 0.05) is 17.2 Å². The number of hydrogen-bond acceptors (Lipinski definition) is 7. The lowest BCUT2D eigenvalue weighted by atomic mass is 10.1. The van der Waals surface area contributed by atoms with Gasteiger partial charge in [-0.2, -0.15) is 18.4 Å². The molecule has 0 amide bonds. The van der Waals surface area contributed by atoms with Gasteiger partial charge < -0.3 is 5.11 Å². The molecular weight excluding hydrogens is 344 g/mol. The van der Waals surface area contributed by atoms with Crippen molar-refractivity contribution in [3.8, 4) is 5.75 Å². The molecule has 0 fully saturated rings. The maximum atomic E-state index is 11.7. The van der Waals surface area contributed by atoms with Gasteiger partial charge in [-0.05, 0) is 11.5 Å². The molecule has 0 aliphatic rings. The zero-order chi connectivity index (χ0) is 16.6. The van der Waals surface area contributed by atoms with Crippen LogP contribution in [-0.4, -0.2) is 33.0 Å². The molecule has 3 rings (SSSR count). The fraction of sp³-hybridized carbons (Fsp3) is 0. The first kappa shape index (κ1) is 15.4. The van der Waals surface area contributed by atoms with Crippen molar-refractivity contribution in [1.29, 1.82) is 0 Å². The van der Waals surface area contributed by atoms with Gasteiger partial charge in [-0.3, -0.25) is 4.55 Å². The van der Waals surface area contributed by atoms with Crippen molar-refractivity contribution in [1.82, 2.24) is 15.0 Å². The maximum Gasteiger partial charge on any atom is 0.300 e. The van der Waals surface area contributed by atoms with Crippen LogP contribution in [0, 0.1) is 0 Å². The summed E-state index contributed by atoms with van der Waals surface area (Å²) in [4.78, 5) is 10.5. The molecule has 2 N–H and O–H groups in total. The van der Waals surface area contributed by atoms with Crippen LogP contribution in [0.3, 0.4) is 0 Å². The molecule has 0 radical (unpaired) electrons. The van der Waals surface area contributed by atoms with E-state index < -0.39 is 20.8 Å². The molecule has 0 bridgehead atoms. The van der Waals surface area contributed by atoms with E-state index in [2.05, 4.69) is 15.0 Å². The van der Waals surface area contributed by atoms with E-state index in [4.69, 9.17) is 11.8 Å². The molecule has 0 atom stereocenters. The van der Waals surface area contributed by atoms with Gasteiger partial charge in [-0.1, -0.05) is 24.3 Å². The number of rotatable bonds is 3. The van der Waals surface area contributed by atoms with Crippen molar-refractivity contribution in [3.05, 3.63) is 43.0 Å². The molecule has 2 aromatic carbocycles. The highest BCUT2D eigenvalue weighted by atomic mass is 35.5. The van der Waals surface area contributed by atoms with Crippen molar-refractivity contribution in [3.63, 3.8) is 0 Å². The number of aromatic hydroxyl groups is 1. The largest absolute Gasteiger partial charge is 0.506 e. The molecule has 0 saturated carbocycles. The van der Waals surface area contributed by atoms with E-state index in [0.717, 1.165) is 4.42 Å². The van der Waals surface area contributed by atoms with Gasteiger partial charge in [0.1, 0.15) is 18.4 Å². The van der Waals surface area contributed by atoms with Gasteiger partial charge in [0.05, 0.1) is 5.69 Å². The van der Waals surface area contributed by atoms with Crippen LogP contribution in [-0.2, 0) is 10.1 Å². The third kappa shape index (κ3) is 2.77. The van der Waals surface area contributed by atoms with Gasteiger partial charge in [-0.25, -0.2) is 9.40 Å². The molecule has 10 heteroatoms. The van der Waals surface area contributed by atoms with Crippen molar-refractivity contribution >= 4 is 44.3 Å². The predicted molar refractivity (Wildman–Crippen MR) is 83.2 cm³/mol. The van der Waals surface area contributed by atoms with Crippen LogP contribution in [0.25, 0.3) is 10.8 Å². The smallest absolute Gasteiger partial charge is 0.300 e. The number of aromatic nitrogens is 3. The molecular formula is C13H9ClN4O4S. The van der Waals surface area contributed by atoms with Crippen molar-refractivity contribution in [2.75, 3.05) is 4.42 Å². The van der Waals surface area contributed by atoms with Gasteiger partial charge >= 0.3 is 0 Å². The summed E-state index contributed by atoms with van der Waals surface area (Å²) < 4.78 is 33.7. The fourth-order valence-electron chi connectivity index (χ4n) is 2.14. The zero-order valence-electron chi connectivity index (χ0n) is 11.3. The standard InChI is InChI=1S/C13H9ClN4O4S/c14-18(13-16-6-15-7-17-13)10-5-8-3-1-2-4-9(8)11(19)12(10)23(20,21)22/h1-7,19H,(H,20,21,22). The first-order chi connectivity index (χ1) is 10.9. The maximum absolute atomic E-state index is 11.7. The summed E-state index contributed by atoms with van der Waals surface area (Å²) in [6.45, 7) is 0. The number of hydrogen-bond donors (Lipinski definition) is 2. The summed E-state index contributed by atoms with van der Waals surface area (Å²) in [7, 11) is -4.76. The van der Waals surface area contributed by atoms with Crippen molar-refractivity contribution in [2.24, 2.45) is 0 Å². The van der Waals surface area contributed by atoms with Gasteiger partial charge in [0.15, 0.2) is 4.90 Å². The average molecular weight is 353 g/mol. The van der Waals surface area contributed by atoms with E-state index in [1.54, 1.807) is 18.2 Å². The highest BCUT2D eigenvalue weighted by Crippen LogP contribution is 2.41. The Balaban J connectivity index is 2.35. The molecule has 8 nitrogen and oxygen atoms in total. The van der Waals surface area contributed by atoms with Gasteiger partial charge in [-0.15, -0.1) is 0 Å². The summed E-state index contributed by atoms with van der Waals surface area (Å²) in [6.07, 6.45) is 2.34. The van der Waals surface area contributed by atoms with E-state index in [0.29, 0.717) is 5.39 Å². The Bertz CT molecular complexity index is 982. The molecule has 0 aliphatic heterocycles. The first-order valence-electron chi connectivity index (χ1n) is 6.19. The van der Waals surface area contributed by atoms with Crippen LogP contribution in [0.1, 0.15) is 0 Å². The minimum atomic E-state index is -4.76. The number of nitrogens with zero attached hydrogens (tertiary/aromatic N) is 4. The van der Waals surface area contributed by atoms with E-state index >= 15 is 0 Å². The summed E-state index contributed by atoms with van der Waals surface area (Å²) in [6, 6.07) is 7.91. The highest BCUT2D eigenvalue weighted by Gasteiger charge is 2.27. The predicted octanol–water partition coefficient (Wildman–Crippen LogP) is 2.27. The lowest BCUT2D eigenvalue weighted by Gasteiger charge is -2.18. The number of phenolic OH excluding ortho intramolecular Hbond substituents is 1. The molecule has 3 aromatic rings. The molecule has 23 heavy (non-hydrogen) atoms. The highest BCUT2D eigenvalue weighted by molar-refractivity contribution is 7.86. The molecule has 1 heterocycles. The third-order valence-corrected chi connectivity index (χ3v) is 4.33. The Labute approximate surface area is 135 Å². The van der Waals surface area contributed by atoms with Crippen LogP contribution in [0.4, 0.5) is 11.6 Å². The Morgan fingerprint density at radius 3 is 2.43 bits per heavy atom. The van der Waals surface area contributed by atoms with Crippen molar-refractivity contribution in [2.45, 2.75) is 4.90 Å². The summed E-state index contributed by atoms with van der Waals surface area (Å²) in [5.41, 5.74) is -0.184. The Morgan fingerprint density at radius 2 is 1.78 bits per heavy atom. The topological polar surface area (TPSA) is 117 Å². The average Bonchev–Trinajstić information content (AvgIpc) is 2.53. The van der Waals surface area contributed by atoms with E-state index in [1.165, 1.54) is 24.8 Å². The van der Waals surface area contributed by atoms with E-state index in [1.807, 2.05) is 0 Å². The molecule has 1 aromatic heterocycles. The molecule has 0 spiro atoms. The SMILES string of the molecule is O=S(=O)(O)c1c(N(Cl)c2ncncn2)cc2ccccc2c1O. The lowest BCUT2D eigenvalue weighted by molar-refractivity contribution is 0.448. The van der Waals surface area contributed by atoms with E-state index in [-0.39, 0.29) is 17.0 Å². The van der Waals surface area contributed by atoms with Crippen molar-refractivity contribution < 1.29 is 18.1 Å². The summed E-state index contributed by atoms with van der Waals surface area (Å²) in [5.74, 6) is -0.679. The Kier molecular flexibility index (Phi) is 3.76. The van der Waals surface area contributed by atoms with Gasteiger partial charge in [0.2, 0.25) is 5.95 Å². The number of halogens is 1. The van der Waals surface area contributed by atoms with Crippen LogP contribution in [0.5, 0.6) is 5.75 Å². The van der Waals surface area contributed by atoms with Crippen LogP contribution in [0.15, 0.2) is 47.9 Å². The fourth-order valence-corrected chi connectivity index (χ4v) is 3.18. The van der Waals surface area contributed by atoms with Crippen LogP contribution in [0.2, 0.25) is 0 Å². The van der Waals surface area contributed by atoms with Crippen LogP contribution >= 0.6 is 11.8 Å². The normalized spacial score (nSPS) is 11.6. The minimum absolute atomic E-state index is 0.0683. The van der Waals surface area contributed by atoms with Crippen LogP contribution < -0.4 is 4.42 Å². The number of anilines is 2. The number of fused-ring (bicyclic) bond motifs is 1. The first-order valence-corrected chi connectivity index (χ1v) is 7.97. The number of phenols is 1. The second-order valence-corrected chi connectivity index (χ2v) is 6.19. The third-order valence-electron chi connectivity index (χ3n) is 3.08. The second kappa shape index (κ2) is 5.61. The lowest BCUT2D eigenvalue weighted by Crippen LogP contribution is -2.12. The summed E-state index contributed by atoms with van der Waals surface area (Å²) in [5, 5.41) is 11.1.